The maximum absolute atomic E-state index is 13.0. The van der Waals surface area contributed by atoms with Crippen LogP contribution in [0.15, 0.2) is 48.5 Å². The highest BCUT2D eigenvalue weighted by molar-refractivity contribution is 5.78. The third-order valence-electron chi connectivity index (χ3n) is 3.41. The topological polar surface area (TPSA) is 38.3 Å². The molecule has 0 aliphatic heterocycles. The number of ether oxygens (including phenoxy) is 1. The van der Waals surface area contributed by atoms with Crippen LogP contribution < -0.4 is 10.1 Å². The first kappa shape index (κ1) is 16.0. The monoisotopic (exact) mass is 301 g/mol. The van der Waals surface area contributed by atoms with Crippen molar-refractivity contribution in [1.29, 1.82) is 0 Å². The van der Waals surface area contributed by atoms with E-state index in [1.54, 1.807) is 12.1 Å². The van der Waals surface area contributed by atoms with Crippen LogP contribution in [0.25, 0.3) is 0 Å². The highest BCUT2D eigenvalue weighted by Gasteiger charge is 2.22. The second-order valence-electron chi connectivity index (χ2n) is 5.78. The van der Waals surface area contributed by atoms with Gasteiger partial charge in [0.25, 0.3) is 5.91 Å². The molecule has 0 fully saturated rings. The van der Waals surface area contributed by atoms with Gasteiger partial charge in [-0.25, -0.2) is 4.39 Å². The molecule has 0 radical (unpaired) electrons. The van der Waals surface area contributed by atoms with Crippen LogP contribution >= 0.6 is 0 Å². The van der Waals surface area contributed by atoms with Crippen LogP contribution in [0.4, 0.5) is 4.39 Å². The number of hydrogen-bond acceptors (Lipinski definition) is 2. The highest BCUT2D eigenvalue weighted by atomic mass is 19.1. The molecule has 22 heavy (non-hydrogen) atoms. The zero-order valence-corrected chi connectivity index (χ0v) is 13.0. The second-order valence-corrected chi connectivity index (χ2v) is 5.78. The number of nitrogens with one attached hydrogen (secondary N) is 1. The number of hydrogen-bond donors (Lipinski definition) is 1. The molecule has 0 saturated heterocycles. The van der Waals surface area contributed by atoms with Gasteiger partial charge in [-0.05, 0) is 50.6 Å². The molecule has 2 aromatic rings. The van der Waals surface area contributed by atoms with Crippen molar-refractivity contribution in [3.05, 3.63) is 65.5 Å². The Hall–Kier alpha value is -2.36. The fraction of sp³-hybridized carbons (Fsp3) is 0.278. The number of carbonyl (C=O) groups is 1. The van der Waals surface area contributed by atoms with Crippen LogP contribution in [0.1, 0.15) is 25.0 Å². The van der Waals surface area contributed by atoms with Crippen molar-refractivity contribution in [1.82, 2.24) is 5.32 Å². The van der Waals surface area contributed by atoms with E-state index in [4.69, 9.17) is 4.74 Å². The van der Waals surface area contributed by atoms with Gasteiger partial charge in [0.2, 0.25) is 0 Å². The van der Waals surface area contributed by atoms with Gasteiger partial charge in [-0.3, -0.25) is 4.79 Å². The average molecular weight is 301 g/mol. The Labute approximate surface area is 130 Å². The normalized spacial score (nSPS) is 11.1. The fourth-order valence-electron chi connectivity index (χ4n) is 2.11. The molecule has 0 aromatic heterocycles. The molecule has 4 heteroatoms. The van der Waals surface area contributed by atoms with E-state index in [9.17, 15) is 9.18 Å². The third-order valence-corrected chi connectivity index (χ3v) is 3.41. The van der Waals surface area contributed by atoms with E-state index >= 15 is 0 Å². The van der Waals surface area contributed by atoms with Crippen LogP contribution in [0.2, 0.25) is 0 Å². The molecule has 0 bridgehead atoms. The maximum atomic E-state index is 13.0. The Morgan fingerprint density at radius 2 is 1.68 bits per heavy atom. The zero-order chi connectivity index (χ0) is 16.2. The van der Waals surface area contributed by atoms with E-state index in [0.717, 1.165) is 11.1 Å². The molecule has 2 rings (SSSR count). The molecule has 1 amide bonds. The molecule has 1 N–H and O–H groups in total. The van der Waals surface area contributed by atoms with Crippen molar-refractivity contribution in [2.75, 3.05) is 6.61 Å². The van der Waals surface area contributed by atoms with Crippen LogP contribution in [0.3, 0.4) is 0 Å². The summed E-state index contributed by atoms with van der Waals surface area (Å²) in [6, 6.07) is 13.6. The van der Waals surface area contributed by atoms with Gasteiger partial charge < -0.3 is 10.1 Å². The summed E-state index contributed by atoms with van der Waals surface area (Å²) in [6.45, 7) is 5.66. The summed E-state index contributed by atoms with van der Waals surface area (Å²) in [6.07, 6.45) is 0. The van der Waals surface area contributed by atoms with Crippen LogP contribution in [0, 0.1) is 12.7 Å². The maximum Gasteiger partial charge on any atom is 0.258 e. The first-order chi connectivity index (χ1) is 10.4. The van der Waals surface area contributed by atoms with Crippen molar-refractivity contribution >= 4 is 5.91 Å². The quantitative estimate of drug-likeness (QED) is 0.917. The molecule has 0 unspecified atom stereocenters. The zero-order valence-electron chi connectivity index (χ0n) is 13.0. The molecular formula is C18H20FNO2. The molecule has 0 aliphatic rings. The molecule has 2 aromatic carbocycles. The number of rotatable bonds is 5. The Kier molecular flexibility index (Phi) is 4.81. The standard InChI is InChI=1S/C18H20FNO2/c1-13-4-10-16(11-5-13)22-12-17(21)20-18(2,3)14-6-8-15(19)9-7-14/h4-11H,12H2,1-3H3,(H,20,21). The summed E-state index contributed by atoms with van der Waals surface area (Å²) >= 11 is 0. The van der Waals surface area contributed by atoms with E-state index in [0.29, 0.717) is 5.75 Å². The first-order valence-corrected chi connectivity index (χ1v) is 7.13. The smallest absolute Gasteiger partial charge is 0.258 e. The predicted molar refractivity (Wildman–Crippen MR) is 84.2 cm³/mol. The summed E-state index contributed by atoms with van der Waals surface area (Å²) in [5.41, 5.74) is 1.37. The Balaban J connectivity index is 1.92. The van der Waals surface area contributed by atoms with Crippen molar-refractivity contribution < 1.29 is 13.9 Å². The van der Waals surface area contributed by atoms with E-state index in [2.05, 4.69) is 5.32 Å². The Morgan fingerprint density at radius 1 is 1.09 bits per heavy atom. The first-order valence-electron chi connectivity index (χ1n) is 7.13. The minimum absolute atomic E-state index is 0.0618. The SMILES string of the molecule is Cc1ccc(OCC(=O)NC(C)(C)c2ccc(F)cc2)cc1. The molecule has 3 nitrogen and oxygen atoms in total. The van der Waals surface area contributed by atoms with Crippen molar-refractivity contribution in [2.45, 2.75) is 26.3 Å². The Bertz CT molecular complexity index is 633. The lowest BCUT2D eigenvalue weighted by Gasteiger charge is -2.27. The number of amides is 1. The van der Waals surface area contributed by atoms with Gasteiger partial charge in [-0.15, -0.1) is 0 Å². The van der Waals surface area contributed by atoms with Gasteiger partial charge in [0.1, 0.15) is 11.6 Å². The van der Waals surface area contributed by atoms with Gasteiger partial charge in [0.15, 0.2) is 6.61 Å². The number of halogens is 1. The molecule has 0 saturated carbocycles. The minimum Gasteiger partial charge on any atom is -0.484 e. The summed E-state index contributed by atoms with van der Waals surface area (Å²) in [7, 11) is 0. The van der Waals surface area contributed by atoms with Crippen molar-refractivity contribution in [3.63, 3.8) is 0 Å². The average Bonchev–Trinajstić information content (AvgIpc) is 2.46. The van der Waals surface area contributed by atoms with Gasteiger partial charge in [-0.1, -0.05) is 29.8 Å². The van der Waals surface area contributed by atoms with Gasteiger partial charge >= 0.3 is 0 Å². The number of carbonyl (C=O) groups excluding carboxylic acids is 1. The number of benzene rings is 2. The van der Waals surface area contributed by atoms with Gasteiger partial charge in [0.05, 0.1) is 5.54 Å². The largest absolute Gasteiger partial charge is 0.484 e. The number of aryl methyl sites for hydroxylation is 1. The van der Waals surface area contributed by atoms with E-state index in [-0.39, 0.29) is 18.3 Å². The fourth-order valence-corrected chi connectivity index (χ4v) is 2.11. The second kappa shape index (κ2) is 6.60. The summed E-state index contributed by atoms with van der Waals surface area (Å²) < 4.78 is 18.4. The lowest BCUT2D eigenvalue weighted by atomic mass is 9.94. The summed E-state index contributed by atoms with van der Waals surface area (Å²) in [5, 5.41) is 2.89. The molecule has 0 aliphatic carbocycles. The highest BCUT2D eigenvalue weighted by Crippen LogP contribution is 2.20. The van der Waals surface area contributed by atoms with Crippen LogP contribution in [-0.4, -0.2) is 12.5 Å². The molecule has 0 atom stereocenters. The van der Waals surface area contributed by atoms with Crippen LogP contribution in [0.5, 0.6) is 5.75 Å². The molecular weight excluding hydrogens is 281 g/mol. The summed E-state index contributed by atoms with van der Waals surface area (Å²) in [4.78, 5) is 12.0. The van der Waals surface area contributed by atoms with E-state index in [1.165, 1.54) is 12.1 Å². The molecule has 116 valence electrons. The van der Waals surface area contributed by atoms with Crippen molar-refractivity contribution in [2.24, 2.45) is 0 Å². The third kappa shape index (κ3) is 4.32. The van der Waals surface area contributed by atoms with Crippen molar-refractivity contribution in [3.8, 4) is 5.75 Å². The lowest BCUT2D eigenvalue weighted by Crippen LogP contribution is -2.43. The summed E-state index contributed by atoms with van der Waals surface area (Å²) in [5.74, 6) is 0.129. The van der Waals surface area contributed by atoms with Gasteiger partial charge in [0, 0.05) is 0 Å². The van der Waals surface area contributed by atoms with E-state index < -0.39 is 5.54 Å². The van der Waals surface area contributed by atoms with Gasteiger partial charge in [-0.2, -0.15) is 0 Å². The van der Waals surface area contributed by atoms with E-state index in [1.807, 2.05) is 45.0 Å². The molecule has 0 heterocycles. The Morgan fingerprint density at radius 3 is 2.27 bits per heavy atom. The minimum atomic E-state index is -0.596. The molecule has 0 spiro atoms. The predicted octanol–water partition coefficient (Wildman–Crippen LogP) is 3.56. The lowest BCUT2D eigenvalue weighted by molar-refractivity contribution is -0.124. The van der Waals surface area contributed by atoms with Crippen LogP contribution in [-0.2, 0) is 10.3 Å².